The van der Waals surface area contributed by atoms with Crippen molar-refractivity contribution in [2.75, 3.05) is 0 Å². The molecule has 2 nitrogen and oxygen atoms in total. The van der Waals surface area contributed by atoms with E-state index in [2.05, 4.69) is 9.97 Å². The summed E-state index contributed by atoms with van der Waals surface area (Å²) in [5, 5.41) is 0. The molecule has 0 saturated carbocycles. The largest absolute Gasteiger partial charge is 0.347 e. The minimum atomic E-state index is 0.698. The molecule has 0 amide bonds. The number of aromatic amines is 1. The summed E-state index contributed by atoms with van der Waals surface area (Å²) in [5.41, 5.74) is 3.93. The Kier molecular flexibility index (Phi) is 2.64. The first-order chi connectivity index (χ1) is 7.18. The second-order valence-electron chi connectivity index (χ2n) is 3.49. The van der Waals surface area contributed by atoms with Gasteiger partial charge in [0, 0.05) is 11.3 Å². The summed E-state index contributed by atoms with van der Waals surface area (Å²) in [6, 6.07) is 9.99. The first-order valence-electron chi connectivity index (χ1n) is 4.81. The molecule has 0 fully saturated rings. The average Bonchev–Trinajstić information content (AvgIpc) is 2.25. The zero-order valence-corrected chi connectivity index (χ0v) is 9.56. The summed E-state index contributed by atoms with van der Waals surface area (Å²) in [7, 11) is 0. The van der Waals surface area contributed by atoms with Gasteiger partial charge in [-0.3, -0.25) is 0 Å². The van der Waals surface area contributed by atoms with Crippen molar-refractivity contribution in [2.24, 2.45) is 0 Å². The molecule has 0 aliphatic rings. The van der Waals surface area contributed by atoms with E-state index in [1.54, 1.807) is 0 Å². The van der Waals surface area contributed by atoms with Crippen LogP contribution in [0.15, 0.2) is 30.3 Å². The molecular weight excluding hydrogens is 204 g/mol. The standard InChI is InChI=1S/C12H12N2S/c1-8-9(2)14-12(15)11(13-8)10-6-4-3-5-7-10/h3-7H,1-2H3,(H,14,15). The van der Waals surface area contributed by atoms with E-state index in [1.165, 1.54) is 0 Å². The van der Waals surface area contributed by atoms with E-state index < -0.39 is 0 Å². The molecule has 0 unspecified atom stereocenters. The molecule has 1 N–H and O–H groups in total. The van der Waals surface area contributed by atoms with Gasteiger partial charge in [0.2, 0.25) is 0 Å². The quantitative estimate of drug-likeness (QED) is 0.740. The predicted molar refractivity (Wildman–Crippen MR) is 64.3 cm³/mol. The van der Waals surface area contributed by atoms with Crippen LogP contribution >= 0.6 is 12.2 Å². The fourth-order valence-corrected chi connectivity index (χ4v) is 1.73. The highest BCUT2D eigenvalue weighted by molar-refractivity contribution is 7.71. The zero-order chi connectivity index (χ0) is 10.8. The first-order valence-corrected chi connectivity index (χ1v) is 5.22. The van der Waals surface area contributed by atoms with E-state index in [0.717, 1.165) is 22.6 Å². The van der Waals surface area contributed by atoms with Crippen LogP contribution in [-0.2, 0) is 0 Å². The molecule has 1 aromatic heterocycles. The van der Waals surface area contributed by atoms with Gasteiger partial charge in [-0.15, -0.1) is 0 Å². The fourth-order valence-electron chi connectivity index (χ4n) is 1.41. The molecule has 15 heavy (non-hydrogen) atoms. The highest BCUT2D eigenvalue weighted by atomic mass is 32.1. The second-order valence-corrected chi connectivity index (χ2v) is 3.90. The van der Waals surface area contributed by atoms with Crippen molar-refractivity contribution < 1.29 is 0 Å². The van der Waals surface area contributed by atoms with Crippen molar-refractivity contribution in [2.45, 2.75) is 13.8 Å². The van der Waals surface area contributed by atoms with Crippen molar-refractivity contribution >= 4 is 12.2 Å². The average molecular weight is 216 g/mol. The maximum Gasteiger partial charge on any atom is 0.130 e. The van der Waals surface area contributed by atoms with Gasteiger partial charge in [-0.1, -0.05) is 42.5 Å². The van der Waals surface area contributed by atoms with Crippen LogP contribution in [0.3, 0.4) is 0 Å². The lowest BCUT2D eigenvalue weighted by Crippen LogP contribution is -1.95. The Morgan fingerprint density at radius 2 is 1.80 bits per heavy atom. The molecule has 1 heterocycles. The van der Waals surface area contributed by atoms with Gasteiger partial charge in [-0.05, 0) is 13.8 Å². The summed E-state index contributed by atoms with van der Waals surface area (Å²) in [4.78, 5) is 7.66. The normalized spacial score (nSPS) is 10.3. The van der Waals surface area contributed by atoms with Gasteiger partial charge in [-0.25, -0.2) is 4.98 Å². The van der Waals surface area contributed by atoms with Gasteiger partial charge in [-0.2, -0.15) is 0 Å². The highest BCUT2D eigenvalue weighted by Crippen LogP contribution is 2.18. The maximum absolute atomic E-state index is 5.26. The van der Waals surface area contributed by atoms with Crippen molar-refractivity contribution in [1.29, 1.82) is 0 Å². The fraction of sp³-hybridized carbons (Fsp3) is 0.167. The van der Waals surface area contributed by atoms with Crippen molar-refractivity contribution in [3.8, 4) is 11.3 Å². The number of rotatable bonds is 1. The Balaban J connectivity index is 2.65. The molecule has 0 bridgehead atoms. The number of H-pyrrole nitrogens is 1. The number of hydrogen-bond donors (Lipinski definition) is 1. The van der Waals surface area contributed by atoms with Crippen LogP contribution in [0.25, 0.3) is 11.3 Å². The number of benzene rings is 1. The van der Waals surface area contributed by atoms with Gasteiger partial charge in [0.05, 0.1) is 5.69 Å². The molecule has 0 radical (unpaired) electrons. The van der Waals surface area contributed by atoms with Gasteiger partial charge in [0.25, 0.3) is 0 Å². The smallest absolute Gasteiger partial charge is 0.130 e. The van der Waals surface area contributed by atoms with Gasteiger partial charge >= 0.3 is 0 Å². The van der Waals surface area contributed by atoms with Gasteiger partial charge in [0.1, 0.15) is 10.3 Å². The van der Waals surface area contributed by atoms with Crippen LogP contribution in [-0.4, -0.2) is 9.97 Å². The monoisotopic (exact) mass is 216 g/mol. The molecule has 2 rings (SSSR count). The maximum atomic E-state index is 5.26. The van der Waals surface area contributed by atoms with Crippen molar-refractivity contribution in [3.05, 3.63) is 46.4 Å². The van der Waals surface area contributed by atoms with E-state index in [-0.39, 0.29) is 0 Å². The summed E-state index contributed by atoms with van der Waals surface area (Å²) in [6.45, 7) is 3.96. The Morgan fingerprint density at radius 1 is 1.13 bits per heavy atom. The molecule has 0 spiro atoms. The third-order valence-corrected chi connectivity index (χ3v) is 2.68. The lowest BCUT2D eigenvalue weighted by molar-refractivity contribution is 1.04. The number of nitrogens with zero attached hydrogens (tertiary/aromatic N) is 1. The summed E-state index contributed by atoms with van der Waals surface area (Å²) in [6.07, 6.45) is 0. The molecule has 76 valence electrons. The van der Waals surface area contributed by atoms with Crippen LogP contribution in [0.1, 0.15) is 11.4 Å². The predicted octanol–water partition coefficient (Wildman–Crippen LogP) is 3.42. The molecule has 1 aromatic carbocycles. The molecule has 3 heteroatoms. The lowest BCUT2D eigenvalue weighted by atomic mass is 10.1. The Hall–Kier alpha value is -1.48. The second kappa shape index (κ2) is 3.95. The third-order valence-electron chi connectivity index (χ3n) is 2.39. The van der Waals surface area contributed by atoms with Gasteiger partial charge < -0.3 is 4.98 Å². The molecular formula is C12H12N2S. The minimum Gasteiger partial charge on any atom is -0.347 e. The Morgan fingerprint density at radius 3 is 2.47 bits per heavy atom. The lowest BCUT2D eigenvalue weighted by Gasteiger charge is -2.05. The van der Waals surface area contributed by atoms with E-state index in [1.807, 2.05) is 44.2 Å². The summed E-state index contributed by atoms with van der Waals surface area (Å²) < 4.78 is 0.698. The molecule has 2 aromatic rings. The molecule has 0 aliphatic heterocycles. The van der Waals surface area contributed by atoms with Crippen LogP contribution in [0.2, 0.25) is 0 Å². The van der Waals surface area contributed by atoms with Crippen molar-refractivity contribution in [3.63, 3.8) is 0 Å². The minimum absolute atomic E-state index is 0.698. The van der Waals surface area contributed by atoms with Crippen LogP contribution < -0.4 is 0 Å². The van der Waals surface area contributed by atoms with E-state index >= 15 is 0 Å². The molecule has 0 aliphatic carbocycles. The van der Waals surface area contributed by atoms with Gasteiger partial charge in [0.15, 0.2) is 0 Å². The molecule has 0 saturated heterocycles. The number of aryl methyl sites for hydroxylation is 2. The number of aromatic nitrogens is 2. The van der Waals surface area contributed by atoms with Crippen molar-refractivity contribution in [1.82, 2.24) is 9.97 Å². The van der Waals surface area contributed by atoms with Crippen LogP contribution in [0.5, 0.6) is 0 Å². The number of nitrogens with one attached hydrogen (secondary N) is 1. The van der Waals surface area contributed by atoms with E-state index in [0.29, 0.717) is 4.64 Å². The van der Waals surface area contributed by atoms with E-state index in [9.17, 15) is 0 Å². The number of hydrogen-bond acceptors (Lipinski definition) is 2. The Bertz CT molecular complexity index is 529. The van der Waals surface area contributed by atoms with E-state index in [4.69, 9.17) is 12.2 Å². The topological polar surface area (TPSA) is 28.7 Å². The van der Waals surface area contributed by atoms with Crippen LogP contribution in [0.4, 0.5) is 0 Å². The van der Waals surface area contributed by atoms with Crippen LogP contribution in [0, 0.1) is 18.5 Å². The first kappa shape index (κ1) is 10.1. The summed E-state index contributed by atoms with van der Waals surface area (Å²) >= 11 is 5.26. The SMILES string of the molecule is Cc1nc(-c2ccccc2)c(=S)[nH]c1C. The zero-order valence-electron chi connectivity index (χ0n) is 8.74. The Labute approximate surface area is 94.0 Å². The third kappa shape index (κ3) is 1.97. The summed E-state index contributed by atoms with van der Waals surface area (Å²) in [5.74, 6) is 0. The highest BCUT2D eigenvalue weighted by Gasteiger charge is 2.03. The molecule has 0 atom stereocenters.